The maximum Gasteiger partial charge on any atom is 0.230 e. The first kappa shape index (κ1) is 18.0. The van der Waals surface area contributed by atoms with Crippen LogP contribution >= 0.6 is 11.8 Å². The SMILES string of the molecule is COc1ccc(-n2ccnc2SCC(=O)NCc2ccccc2F)cc1. The molecule has 0 unspecified atom stereocenters. The molecule has 0 radical (unpaired) electrons. The van der Waals surface area contributed by atoms with E-state index in [1.54, 1.807) is 31.5 Å². The first-order valence-electron chi connectivity index (χ1n) is 7.98. The van der Waals surface area contributed by atoms with E-state index in [2.05, 4.69) is 10.3 Å². The van der Waals surface area contributed by atoms with E-state index in [0.29, 0.717) is 10.7 Å². The third-order valence-electron chi connectivity index (χ3n) is 3.72. The highest BCUT2D eigenvalue weighted by atomic mass is 32.2. The van der Waals surface area contributed by atoms with E-state index in [9.17, 15) is 9.18 Å². The Hall–Kier alpha value is -2.80. The third kappa shape index (κ3) is 4.43. The lowest BCUT2D eigenvalue weighted by Crippen LogP contribution is -2.25. The Morgan fingerprint density at radius 3 is 2.73 bits per heavy atom. The number of aromatic nitrogens is 2. The van der Waals surface area contributed by atoms with Gasteiger partial charge in [-0.15, -0.1) is 0 Å². The summed E-state index contributed by atoms with van der Waals surface area (Å²) in [7, 11) is 1.62. The summed E-state index contributed by atoms with van der Waals surface area (Å²) in [6, 6.07) is 14.0. The van der Waals surface area contributed by atoms with Gasteiger partial charge < -0.3 is 10.1 Å². The van der Waals surface area contributed by atoms with Crippen molar-refractivity contribution in [2.24, 2.45) is 0 Å². The van der Waals surface area contributed by atoms with Crippen LogP contribution in [-0.4, -0.2) is 28.3 Å². The molecular weight excluding hydrogens is 353 g/mol. The Morgan fingerprint density at radius 1 is 1.23 bits per heavy atom. The topological polar surface area (TPSA) is 56.2 Å². The summed E-state index contributed by atoms with van der Waals surface area (Å²) in [5, 5.41) is 3.43. The fourth-order valence-corrected chi connectivity index (χ4v) is 3.16. The summed E-state index contributed by atoms with van der Waals surface area (Å²) < 4.78 is 20.6. The summed E-state index contributed by atoms with van der Waals surface area (Å²) in [6.07, 6.45) is 3.52. The maximum absolute atomic E-state index is 13.6. The molecule has 0 saturated carbocycles. The highest BCUT2D eigenvalue weighted by Gasteiger charge is 2.10. The van der Waals surface area contributed by atoms with Crippen molar-refractivity contribution in [1.82, 2.24) is 14.9 Å². The van der Waals surface area contributed by atoms with Gasteiger partial charge in [-0.1, -0.05) is 30.0 Å². The van der Waals surface area contributed by atoms with Crippen LogP contribution in [0.3, 0.4) is 0 Å². The Bertz CT molecular complexity index is 881. The highest BCUT2D eigenvalue weighted by Crippen LogP contribution is 2.22. The molecule has 134 valence electrons. The van der Waals surface area contributed by atoms with Gasteiger partial charge in [0.15, 0.2) is 5.16 Å². The van der Waals surface area contributed by atoms with Gasteiger partial charge in [-0.3, -0.25) is 9.36 Å². The van der Waals surface area contributed by atoms with Crippen LogP contribution in [0.25, 0.3) is 5.69 Å². The minimum absolute atomic E-state index is 0.166. The van der Waals surface area contributed by atoms with Gasteiger partial charge in [0.1, 0.15) is 11.6 Å². The monoisotopic (exact) mass is 371 g/mol. The van der Waals surface area contributed by atoms with Gasteiger partial charge in [0.25, 0.3) is 0 Å². The number of hydrogen-bond donors (Lipinski definition) is 1. The van der Waals surface area contributed by atoms with Crippen molar-refractivity contribution in [2.45, 2.75) is 11.7 Å². The molecule has 0 saturated heterocycles. The second-order valence-electron chi connectivity index (χ2n) is 5.43. The number of nitrogens with zero attached hydrogens (tertiary/aromatic N) is 2. The zero-order valence-corrected chi connectivity index (χ0v) is 15.0. The fraction of sp³-hybridized carbons (Fsp3) is 0.158. The third-order valence-corrected chi connectivity index (χ3v) is 4.69. The van der Waals surface area contributed by atoms with E-state index >= 15 is 0 Å². The van der Waals surface area contributed by atoms with E-state index < -0.39 is 0 Å². The van der Waals surface area contributed by atoms with Gasteiger partial charge in [-0.2, -0.15) is 0 Å². The molecule has 1 aromatic heterocycles. The average Bonchev–Trinajstić information content (AvgIpc) is 3.14. The van der Waals surface area contributed by atoms with Crippen LogP contribution in [0.1, 0.15) is 5.56 Å². The molecule has 0 spiro atoms. The number of methoxy groups -OCH3 is 1. The van der Waals surface area contributed by atoms with E-state index in [0.717, 1.165) is 11.4 Å². The van der Waals surface area contributed by atoms with Crippen molar-refractivity contribution < 1.29 is 13.9 Å². The summed E-state index contributed by atoms with van der Waals surface area (Å²) in [5.74, 6) is 0.468. The summed E-state index contributed by atoms with van der Waals surface area (Å²) in [4.78, 5) is 16.3. The first-order chi connectivity index (χ1) is 12.7. The molecule has 2 aromatic carbocycles. The molecule has 3 rings (SSSR count). The van der Waals surface area contributed by atoms with E-state index in [1.807, 2.05) is 35.0 Å². The summed E-state index contributed by atoms with van der Waals surface area (Å²) in [5.41, 5.74) is 1.39. The van der Waals surface area contributed by atoms with Crippen molar-refractivity contribution in [1.29, 1.82) is 0 Å². The van der Waals surface area contributed by atoms with Gasteiger partial charge >= 0.3 is 0 Å². The molecule has 1 amide bonds. The molecule has 0 fully saturated rings. The number of benzene rings is 2. The molecule has 5 nitrogen and oxygen atoms in total. The number of nitrogens with one attached hydrogen (secondary N) is 1. The minimum Gasteiger partial charge on any atom is -0.497 e. The quantitative estimate of drug-likeness (QED) is 0.647. The minimum atomic E-state index is -0.324. The predicted octanol–water partition coefficient (Wildman–Crippen LogP) is 3.43. The molecule has 0 aliphatic carbocycles. The summed E-state index contributed by atoms with van der Waals surface area (Å²) >= 11 is 1.32. The second kappa shape index (κ2) is 8.53. The van der Waals surface area contributed by atoms with Crippen LogP contribution in [0.4, 0.5) is 4.39 Å². The van der Waals surface area contributed by atoms with Crippen LogP contribution in [0.2, 0.25) is 0 Å². The maximum atomic E-state index is 13.6. The van der Waals surface area contributed by atoms with Crippen LogP contribution in [0, 0.1) is 5.82 Å². The zero-order chi connectivity index (χ0) is 18.4. The standard InChI is InChI=1S/C19H18FN3O2S/c1-25-16-8-6-15(7-9-16)23-11-10-21-19(23)26-13-18(24)22-12-14-4-2-3-5-17(14)20/h2-11H,12-13H2,1H3,(H,22,24). The van der Waals surface area contributed by atoms with Crippen molar-refractivity contribution in [3.05, 3.63) is 72.3 Å². The van der Waals surface area contributed by atoms with Crippen molar-refractivity contribution >= 4 is 17.7 Å². The number of amides is 1. The predicted molar refractivity (Wildman–Crippen MR) is 99.1 cm³/mol. The Kier molecular flexibility index (Phi) is 5.91. The highest BCUT2D eigenvalue weighted by molar-refractivity contribution is 7.99. The number of ether oxygens (including phenoxy) is 1. The Balaban J connectivity index is 1.57. The zero-order valence-electron chi connectivity index (χ0n) is 14.2. The second-order valence-corrected chi connectivity index (χ2v) is 6.38. The number of halogens is 1. The molecule has 0 aliphatic rings. The van der Waals surface area contributed by atoms with Gasteiger partial charge in [0, 0.05) is 30.2 Å². The smallest absolute Gasteiger partial charge is 0.230 e. The number of imidazole rings is 1. The first-order valence-corrected chi connectivity index (χ1v) is 8.96. The van der Waals surface area contributed by atoms with Crippen LogP contribution in [0.5, 0.6) is 5.75 Å². The Morgan fingerprint density at radius 2 is 2.00 bits per heavy atom. The number of carbonyl (C=O) groups is 1. The van der Waals surface area contributed by atoms with Crippen LogP contribution in [0.15, 0.2) is 66.1 Å². The fourth-order valence-electron chi connectivity index (χ4n) is 2.35. The van der Waals surface area contributed by atoms with Gasteiger partial charge in [-0.25, -0.2) is 9.37 Å². The number of rotatable bonds is 7. The molecule has 3 aromatic rings. The van der Waals surface area contributed by atoms with Crippen molar-refractivity contribution in [2.75, 3.05) is 12.9 Å². The largest absolute Gasteiger partial charge is 0.497 e. The summed E-state index contributed by atoms with van der Waals surface area (Å²) in [6.45, 7) is 0.166. The molecule has 26 heavy (non-hydrogen) atoms. The van der Waals surface area contributed by atoms with Crippen molar-refractivity contribution in [3.63, 3.8) is 0 Å². The Labute approximate surface area is 155 Å². The molecule has 7 heteroatoms. The van der Waals surface area contributed by atoms with Gasteiger partial charge in [-0.05, 0) is 30.3 Å². The number of carbonyl (C=O) groups excluding carboxylic acids is 1. The van der Waals surface area contributed by atoms with Crippen LogP contribution < -0.4 is 10.1 Å². The average molecular weight is 371 g/mol. The molecule has 1 heterocycles. The molecule has 1 N–H and O–H groups in total. The van der Waals surface area contributed by atoms with Crippen LogP contribution in [-0.2, 0) is 11.3 Å². The normalized spacial score (nSPS) is 10.5. The van der Waals surface area contributed by atoms with E-state index in [-0.39, 0.29) is 24.0 Å². The molecule has 0 aliphatic heterocycles. The van der Waals surface area contributed by atoms with Gasteiger partial charge in [0.05, 0.1) is 12.9 Å². The van der Waals surface area contributed by atoms with E-state index in [1.165, 1.54) is 17.8 Å². The molecule has 0 bridgehead atoms. The van der Waals surface area contributed by atoms with E-state index in [4.69, 9.17) is 4.74 Å². The molecular formula is C19H18FN3O2S. The lowest BCUT2D eigenvalue weighted by molar-refractivity contribution is -0.118. The van der Waals surface area contributed by atoms with Crippen molar-refractivity contribution in [3.8, 4) is 11.4 Å². The van der Waals surface area contributed by atoms with Gasteiger partial charge in [0.2, 0.25) is 5.91 Å². The lowest BCUT2D eigenvalue weighted by Gasteiger charge is -2.09. The molecule has 0 atom stereocenters. The lowest BCUT2D eigenvalue weighted by atomic mass is 10.2. The number of hydrogen-bond acceptors (Lipinski definition) is 4. The number of thioether (sulfide) groups is 1.